The Hall–Kier alpha value is -1.31. The van der Waals surface area contributed by atoms with Crippen molar-refractivity contribution in [1.82, 2.24) is 0 Å². The molecule has 0 spiro atoms. The van der Waals surface area contributed by atoms with Gasteiger partial charge in [0.05, 0.1) is 5.69 Å². The summed E-state index contributed by atoms with van der Waals surface area (Å²) in [5, 5.41) is 7.10. The van der Waals surface area contributed by atoms with E-state index in [9.17, 15) is 0 Å². The third-order valence-corrected chi connectivity index (χ3v) is 1.05. The Balaban J connectivity index is 3.01. The highest BCUT2D eigenvalue weighted by atomic mass is 16.3. The van der Waals surface area contributed by atoms with E-state index in [4.69, 9.17) is 5.11 Å². The monoisotopic (exact) mass is 122 g/mol. The first-order valence-electron chi connectivity index (χ1n) is 2.61. The Labute approximate surface area is 53.5 Å². The number of nitrogens with zero attached hydrogens (tertiary/aromatic N) is 1. The molecule has 0 bridgehead atoms. The molecule has 0 aliphatic carbocycles. The van der Waals surface area contributed by atoms with E-state index in [0.29, 0.717) is 5.75 Å². The predicted octanol–water partition coefficient (Wildman–Crippen LogP) is 1.46. The molecule has 1 aromatic rings. The van der Waals surface area contributed by atoms with Crippen molar-refractivity contribution >= 4 is 12.4 Å². The van der Waals surface area contributed by atoms with E-state index in [-0.39, 0.29) is 0 Å². The zero-order valence-corrected chi connectivity index (χ0v) is 4.96. The molecule has 2 heteroatoms. The van der Waals surface area contributed by atoms with Crippen molar-refractivity contribution < 1.29 is 5.11 Å². The van der Waals surface area contributed by atoms with Gasteiger partial charge in [0.15, 0.2) is 0 Å². The van der Waals surface area contributed by atoms with E-state index in [1.165, 1.54) is 0 Å². The first kappa shape index (κ1) is 5.82. The number of benzene rings is 1. The maximum absolute atomic E-state index is 7.10. The van der Waals surface area contributed by atoms with Gasteiger partial charge in [-0.15, -0.1) is 0 Å². The summed E-state index contributed by atoms with van der Waals surface area (Å²) in [5.74, 6) is 0.502. The lowest BCUT2D eigenvalue weighted by Crippen LogP contribution is -1.62. The molecule has 0 radical (unpaired) electrons. The van der Waals surface area contributed by atoms with Gasteiger partial charge in [-0.1, -0.05) is 0 Å². The number of hydrogen-bond acceptors (Lipinski definition) is 1. The summed E-state index contributed by atoms with van der Waals surface area (Å²) < 4.78 is 0. The molecule has 46 valence electrons. The third kappa shape index (κ3) is 1.29. The van der Waals surface area contributed by atoms with Gasteiger partial charge in [0.2, 0.25) is 0 Å². The Morgan fingerprint density at radius 3 is 2.22 bits per heavy atom. The Bertz CT molecular complexity index is 203. The molecule has 0 saturated carbocycles. The summed E-state index contributed by atoms with van der Waals surface area (Å²) in [7, 11) is 0. The second-order valence-corrected chi connectivity index (χ2v) is 1.70. The summed E-state index contributed by atoms with van der Waals surface area (Å²) in [6, 6.07) is 6.89. The molecule has 2 N–H and O–H groups in total. The topological polar surface area (TPSA) is 35.3 Å². The maximum Gasteiger partial charge on any atom is 0.253 e. The zero-order chi connectivity index (χ0) is 6.69. The van der Waals surface area contributed by atoms with Crippen LogP contribution in [0.2, 0.25) is 0 Å². The van der Waals surface area contributed by atoms with Crippen LogP contribution in [0.15, 0.2) is 29.3 Å². The zero-order valence-electron chi connectivity index (χ0n) is 4.96. The van der Waals surface area contributed by atoms with Crippen molar-refractivity contribution in [2.24, 2.45) is 4.99 Å². The second-order valence-electron chi connectivity index (χ2n) is 1.70. The first-order chi connectivity index (χ1) is 4.33. The summed E-state index contributed by atoms with van der Waals surface area (Å²) in [6.07, 6.45) is 0. The van der Waals surface area contributed by atoms with E-state index >= 15 is 0 Å². The highest BCUT2D eigenvalue weighted by Crippen LogP contribution is 2.15. The van der Waals surface area contributed by atoms with E-state index in [1.807, 2.05) is 0 Å². The molecule has 0 heterocycles. The van der Waals surface area contributed by atoms with Crippen LogP contribution in [0.5, 0.6) is 5.75 Å². The van der Waals surface area contributed by atoms with Gasteiger partial charge in [-0.2, -0.15) is 0 Å². The molecule has 9 heavy (non-hydrogen) atoms. The molecule has 0 fully saturated rings. The van der Waals surface area contributed by atoms with Crippen molar-refractivity contribution in [1.29, 1.82) is 0 Å². The molecular weight excluding hydrogens is 114 g/mol. The van der Waals surface area contributed by atoms with Crippen LogP contribution in [0, 0.1) is 0 Å². The van der Waals surface area contributed by atoms with Crippen LogP contribution in [0.1, 0.15) is 0 Å². The van der Waals surface area contributed by atoms with E-state index in [0.717, 1.165) is 5.69 Å². The minimum atomic E-state index is 0.502. The fourth-order valence-electron chi connectivity index (χ4n) is 0.567. The quantitative estimate of drug-likeness (QED) is 0.399. The van der Waals surface area contributed by atoms with Crippen LogP contribution in [0.3, 0.4) is 0 Å². The SMILES string of the molecule is C=Nc1ccc([OH2+])cc1. The standard InChI is InChI=1S/C7H7NO/c1-8-6-2-4-7(9)5-3-6/h2-5,9H,1H2/p+1. The normalized spacial score (nSPS) is 8.89. The molecular formula is C7H8NO+. The lowest BCUT2D eigenvalue weighted by Gasteiger charge is -1.87. The fraction of sp³-hybridized carbons (Fsp3) is 0. The molecule has 0 saturated heterocycles. The van der Waals surface area contributed by atoms with Crippen molar-refractivity contribution in [3.63, 3.8) is 0 Å². The van der Waals surface area contributed by atoms with Crippen molar-refractivity contribution in [2.45, 2.75) is 0 Å². The van der Waals surface area contributed by atoms with Gasteiger partial charge in [-0.25, -0.2) is 0 Å². The van der Waals surface area contributed by atoms with Crippen LogP contribution in [-0.4, -0.2) is 11.8 Å². The van der Waals surface area contributed by atoms with Gasteiger partial charge in [-0.3, -0.25) is 4.99 Å². The number of hydrogen-bond donors (Lipinski definition) is 0. The lowest BCUT2D eigenvalue weighted by atomic mass is 10.3. The van der Waals surface area contributed by atoms with Crippen molar-refractivity contribution in [3.8, 4) is 5.75 Å². The van der Waals surface area contributed by atoms with Crippen LogP contribution in [0.25, 0.3) is 0 Å². The smallest absolute Gasteiger partial charge is 0.253 e. The van der Waals surface area contributed by atoms with Gasteiger partial charge in [-0.05, 0) is 18.9 Å². The Morgan fingerprint density at radius 2 is 1.78 bits per heavy atom. The highest BCUT2D eigenvalue weighted by molar-refractivity contribution is 5.46. The minimum Gasteiger partial charge on any atom is -0.593 e. The van der Waals surface area contributed by atoms with Crippen LogP contribution in [-0.2, 0) is 0 Å². The van der Waals surface area contributed by atoms with Crippen LogP contribution >= 0.6 is 0 Å². The van der Waals surface area contributed by atoms with Crippen LogP contribution < -0.4 is 0 Å². The van der Waals surface area contributed by atoms with Gasteiger partial charge in [0, 0.05) is 12.1 Å². The second kappa shape index (κ2) is 2.31. The summed E-state index contributed by atoms with van der Waals surface area (Å²) in [5.41, 5.74) is 0.811. The lowest BCUT2D eigenvalue weighted by molar-refractivity contribution is 0.475. The van der Waals surface area contributed by atoms with E-state index in [2.05, 4.69) is 11.7 Å². The molecule has 0 unspecified atom stereocenters. The Morgan fingerprint density at radius 1 is 1.22 bits per heavy atom. The summed E-state index contributed by atoms with van der Waals surface area (Å²) in [6.45, 7) is 3.35. The molecule has 1 aromatic carbocycles. The first-order valence-corrected chi connectivity index (χ1v) is 2.61. The maximum atomic E-state index is 7.10. The van der Waals surface area contributed by atoms with Gasteiger partial charge < -0.3 is 5.11 Å². The largest absolute Gasteiger partial charge is 0.593 e. The van der Waals surface area contributed by atoms with Crippen molar-refractivity contribution in [2.75, 3.05) is 0 Å². The summed E-state index contributed by atoms with van der Waals surface area (Å²) >= 11 is 0. The average molecular weight is 122 g/mol. The van der Waals surface area contributed by atoms with E-state index < -0.39 is 0 Å². The fourth-order valence-corrected chi connectivity index (χ4v) is 0.567. The van der Waals surface area contributed by atoms with Crippen molar-refractivity contribution in [3.05, 3.63) is 24.3 Å². The predicted molar refractivity (Wildman–Crippen MR) is 38.7 cm³/mol. The van der Waals surface area contributed by atoms with Gasteiger partial charge in [0.25, 0.3) is 5.75 Å². The molecule has 0 aliphatic rings. The molecule has 2 nitrogen and oxygen atoms in total. The average Bonchev–Trinajstić information content (AvgIpc) is 1.90. The highest BCUT2D eigenvalue weighted by Gasteiger charge is 1.89. The number of rotatable bonds is 1. The van der Waals surface area contributed by atoms with Crippen LogP contribution in [0.4, 0.5) is 5.69 Å². The Kier molecular flexibility index (Phi) is 1.49. The minimum absolute atomic E-state index is 0.502. The number of aliphatic imine (C=N–C) groups is 1. The van der Waals surface area contributed by atoms with Gasteiger partial charge >= 0.3 is 0 Å². The van der Waals surface area contributed by atoms with Gasteiger partial charge in [0.1, 0.15) is 0 Å². The third-order valence-electron chi connectivity index (χ3n) is 1.05. The molecule has 0 aliphatic heterocycles. The molecule has 1 rings (SSSR count). The molecule has 0 amide bonds. The molecule has 0 atom stereocenters. The van der Waals surface area contributed by atoms with E-state index in [1.54, 1.807) is 24.3 Å². The molecule has 0 aromatic heterocycles. The summed E-state index contributed by atoms with van der Waals surface area (Å²) in [4.78, 5) is 3.68.